The number of aliphatic carboxylic acids is 1. The first-order chi connectivity index (χ1) is 8.20. The summed E-state index contributed by atoms with van der Waals surface area (Å²) < 4.78 is 36.8. The molecule has 1 saturated carbocycles. The molecule has 8 heteroatoms. The average Bonchev–Trinajstić information content (AvgIpc) is 2.09. The number of hydrogen-bond donors (Lipinski definition) is 1. The van der Waals surface area contributed by atoms with Gasteiger partial charge in [0.2, 0.25) is 0 Å². The van der Waals surface area contributed by atoms with Crippen molar-refractivity contribution in [2.24, 2.45) is 0 Å². The van der Waals surface area contributed by atoms with E-state index in [9.17, 15) is 22.8 Å². The van der Waals surface area contributed by atoms with Crippen LogP contribution in [0, 0.1) is 0 Å². The first kappa shape index (κ1) is 14.6. The quantitative estimate of drug-likeness (QED) is 0.841. The second kappa shape index (κ2) is 5.45. The number of carbonyl (C=O) groups excluding carboxylic acids is 1. The third-order valence-corrected chi connectivity index (χ3v) is 2.89. The Bertz CT molecular complexity index is 329. The molecule has 0 atom stereocenters. The van der Waals surface area contributed by atoms with Gasteiger partial charge in [-0.15, -0.1) is 0 Å². The molecule has 0 unspecified atom stereocenters. The Kier molecular flexibility index (Phi) is 4.42. The molecule has 0 aromatic carbocycles. The molecule has 0 aliphatic heterocycles. The summed E-state index contributed by atoms with van der Waals surface area (Å²) in [5.74, 6) is -1.46. The molecule has 5 nitrogen and oxygen atoms in total. The lowest BCUT2D eigenvalue weighted by molar-refractivity contribution is -0.150. The zero-order valence-electron chi connectivity index (χ0n) is 9.90. The van der Waals surface area contributed by atoms with Crippen molar-refractivity contribution in [2.45, 2.75) is 31.5 Å². The van der Waals surface area contributed by atoms with Crippen LogP contribution in [0.3, 0.4) is 0 Å². The van der Waals surface area contributed by atoms with Gasteiger partial charge >= 0.3 is 18.2 Å². The molecule has 2 amide bonds. The highest BCUT2D eigenvalue weighted by Gasteiger charge is 2.37. The molecule has 0 spiro atoms. The van der Waals surface area contributed by atoms with Gasteiger partial charge in [0.25, 0.3) is 0 Å². The van der Waals surface area contributed by atoms with E-state index in [2.05, 4.69) is 0 Å². The van der Waals surface area contributed by atoms with Crippen molar-refractivity contribution in [3.63, 3.8) is 0 Å². The maximum atomic E-state index is 12.3. The van der Waals surface area contributed by atoms with E-state index in [0.717, 1.165) is 19.3 Å². The number of halogens is 3. The highest BCUT2D eigenvalue weighted by Crippen LogP contribution is 2.25. The van der Waals surface area contributed by atoms with Crippen molar-refractivity contribution in [3.05, 3.63) is 0 Å². The molecule has 0 radical (unpaired) electrons. The molecule has 1 rings (SSSR count). The highest BCUT2D eigenvalue weighted by atomic mass is 19.4. The zero-order chi connectivity index (χ0) is 13.9. The van der Waals surface area contributed by atoms with Crippen LogP contribution in [0.2, 0.25) is 0 Å². The second-order valence-corrected chi connectivity index (χ2v) is 4.34. The van der Waals surface area contributed by atoms with E-state index in [1.54, 1.807) is 0 Å². The summed E-state index contributed by atoms with van der Waals surface area (Å²) in [6.07, 6.45) is -2.18. The maximum Gasteiger partial charge on any atom is 0.406 e. The molecule has 1 aliphatic carbocycles. The molecular formula is C10H15F3N2O3. The molecule has 1 aliphatic rings. The van der Waals surface area contributed by atoms with Crippen molar-refractivity contribution >= 4 is 12.0 Å². The van der Waals surface area contributed by atoms with Crippen LogP contribution >= 0.6 is 0 Å². The molecule has 0 bridgehead atoms. The minimum atomic E-state index is -4.61. The largest absolute Gasteiger partial charge is 0.480 e. The van der Waals surface area contributed by atoms with Crippen LogP contribution in [0.5, 0.6) is 0 Å². The summed E-state index contributed by atoms with van der Waals surface area (Å²) in [6.45, 7) is -2.50. The lowest BCUT2D eigenvalue weighted by atomic mass is 9.92. The standard InChI is InChI=1S/C10H15F3N2O3/c1-14(7-3-2-4-7)9(18)15(5-8(16)17)6-10(11,12)13/h7H,2-6H2,1H3,(H,16,17). The predicted octanol–water partition coefficient (Wildman–Crippen LogP) is 1.54. The number of amides is 2. The normalized spacial score (nSPS) is 16.0. The highest BCUT2D eigenvalue weighted by molar-refractivity contribution is 5.80. The maximum absolute atomic E-state index is 12.3. The van der Waals surface area contributed by atoms with Gasteiger partial charge < -0.3 is 14.9 Å². The van der Waals surface area contributed by atoms with Crippen molar-refractivity contribution in [1.82, 2.24) is 9.80 Å². The van der Waals surface area contributed by atoms with E-state index in [1.807, 2.05) is 0 Å². The van der Waals surface area contributed by atoms with Gasteiger partial charge in [0.1, 0.15) is 13.1 Å². The Balaban J connectivity index is 2.68. The number of urea groups is 1. The summed E-state index contributed by atoms with van der Waals surface area (Å²) in [6, 6.07) is -0.971. The number of alkyl halides is 3. The third-order valence-electron chi connectivity index (χ3n) is 2.89. The number of carbonyl (C=O) groups is 2. The van der Waals surface area contributed by atoms with Gasteiger partial charge in [-0.25, -0.2) is 4.79 Å². The predicted molar refractivity (Wildman–Crippen MR) is 56.1 cm³/mol. The third kappa shape index (κ3) is 4.08. The second-order valence-electron chi connectivity index (χ2n) is 4.34. The fourth-order valence-electron chi connectivity index (χ4n) is 1.72. The van der Waals surface area contributed by atoms with Gasteiger partial charge in [0.15, 0.2) is 0 Å². The zero-order valence-corrected chi connectivity index (χ0v) is 9.90. The fourth-order valence-corrected chi connectivity index (χ4v) is 1.72. The molecular weight excluding hydrogens is 253 g/mol. The first-order valence-corrected chi connectivity index (χ1v) is 5.51. The number of rotatable bonds is 4. The van der Waals surface area contributed by atoms with Crippen LogP contribution in [0.1, 0.15) is 19.3 Å². The summed E-state index contributed by atoms with van der Waals surface area (Å²) in [7, 11) is 1.40. The van der Waals surface area contributed by atoms with Crippen molar-refractivity contribution in [3.8, 4) is 0 Å². The molecule has 104 valence electrons. The SMILES string of the molecule is CN(C(=O)N(CC(=O)O)CC(F)(F)F)C1CCC1. The Morgan fingerprint density at radius 1 is 1.33 bits per heavy atom. The summed E-state index contributed by atoms with van der Waals surface area (Å²) >= 11 is 0. The van der Waals surface area contributed by atoms with Crippen LogP contribution in [0.25, 0.3) is 0 Å². The Hall–Kier alpha value is -1.47. The van der Waals surface area contributed by atoms with Crippen LogP contribution < -0.4 is 0 Å². The van der Waals surface area contributed by atoms with Crippen LogP contribution in [-0.2, 0) is 4.79 Å². The Labute approximate surface area is 102 Å². The minimum Gasteiger partial charge on any atom is -0.480 e. The van der Waals surface area contributed by atoms with Gasteiger partial charge in [-0.05, 0) is 19.3 Å². The van der Waals surface area contributed by atoms with Gasteiger partial charge in [-0.2, -0.15) is 13.2 Å². The lowest BCUT2D eigenvalue weighted by Gasteiger charge is -2.37. The minimum absolute atomic E-state index is 0.0815. The van der Waals surface area contributed by atoms with E-state index in [4.69, 9.17) is 5.11 Å². The van der Waals surface area contributed by atoms with Gasteiger partial charge in [0, 0.05) is 13.1 Å². The van der Waals surface area contributed by atoms with Crippen molar-refractivity contribution < 1.29 is 27.9 Å². The Morgan fingerprint density at radius 2 is 1.89 bits per heavy atom. The molecule has 0 aromatic heterocycles. The molecule has 1 fully saturated rings. The van der Waals surface area contributed by atoms with E-state index in [1.165, 1.54) is 11.9 Å². The smallest absolute Gasteiger partial charge is 0.406 e. The molecule has 0 saturated heterocycles. The van der Waals surface area contributed by atoms with Gasteiger partial charge in [-0.3, -0.25) is 4.79 Å². The van der Waals surface area contributed by atoms with Gasteiger partial charge in [0.05, 0.1) is 0 Å². The van der Waals surface area contributed by atoms with E-state index in [0.29, 0.717) is 4.90 Å². The van der Waals surface area contributed by atoms with Crippen LogP contribution in [-0.4, -0.2) is 59.3 Å². The summed E-state index contributed by atoms with van der Waals surface area (Å²) in [5.41, 5.74) is 0. The fraction of sp³-hybridized carbons (Fsp3) is 0.800. The van der Waals surface area contributed by atoms with E-state index >= 15 is 0 Å². The van der Waals surface area contributed by atoms with E-state index < -0.39 is 31.3 Å². The monoisotopic (exact) mass is 268 g/mol. The van der Waals surface area contributed by atoms with Crippen molar-refractivity contribution in [2.75, 3.05) is 20.1 Å². The average molecular weight is 268 g/mol. The molecule has 0 aromatic rings. The number of carboxylic acid groups (broad SMARTS) is 1. The number of hydrogen-bond acceptors (Lipinski definition) is 2. The Morgan fingerprint density at radius 3 is 2.22 bits per heavy atom. The van der Waals surface area contributed by atoms with E-state index in [-0.39, 0.29) is 6.04 Å². The number of carboxylic acids is 1. The lowest BCUT2D eigenvalue weighted by Crippen LogP contribution is -2.52. The molecule has 0 heterocycles. The molecule has 1 N–H and O–H groups in total. The first-order valence-electron chi connectivity index (χ1n) is 5.51. The summed E-state index contributed by atoms with van der Waals surface area (Å²) in [4.78, 5) is 23.8. The topological polar surface area (TPSA) is 60.9 Å². The number of nitrogens with zero attached hydrogens (tertiary/aromatic N) is 2. The van der Waals surface area contributed by atoms with Crippen LogP contribution in [0.4, 0.5) is 18.0 Å². The van der Waals surface area contributed by atoms with Crippen molar-refractivity contribution in [1.29, 1.82) is 0 Å². The molecule has 18 heavy (non-hydrogen) atoms. The van der Waals surface area contributed by atoms with Gasteiger partial charge in [-0.1, -0.05) is 0 Å². The summed E-state index contributed by atoms with van der Waals surface area (Å²) in [5, 5.41) is 8.54. The van der Waals surface area contributed by atoms with Crippen LogP contribution in [0.15, 0.2) is 0 Å².